The molecular weight excluding hydrogens is 550 g/mol. The van der Waals surface area contributed by atoms with Gasteiger partial charge in [0.1, 0.15) is 18.2 Å². The first-order valence-electron chi connectivity index (χ1n) is 12.9. The number of rotatable bonds is 8. The SMILES string of the molecule is CSc1nc2ncc(-c3ccc(OCc4ccccc4NC(=O)Nc4ccc(-c5ccccc5)nn4)cc3)c(N)n2n1. The quantitative estimate of drug-likeness (QED) is 0.192. The fourth-order valence-electron chi connectivity index (χ4n) is 4.23. The van der Waals surface area contributed by atoms with E-state index in [4.69, 9.17) is 10.5 Å². The van der Waals surface area contributed by atoms with Crippen molar-refractivity contribution in [2.24, 2.45) is 0 Å². The molecule has 0 radical (unpaired) electrons. The van der Waals surface area contributed by atoms with Gasteiger partial charge in [-0.05, 0) is 42.2 Å². The second-order valence-corrected chi connectivity index (χ2v) is 9.86. The summed E-state index contributed by atoms with van der Waals surface area (Å²) < 4.78 is 7.57. The second-order valence-electron chi connectivity index (χ2n) is 9.09. The summed E-state index contributed by atoms with van der Waals surface area (Å²) in [7, 11) is 0. The molecule has 3 aromatic carbocycles. The zero-order valence-corrected chi connectivity index (χ0v) is 23.2. The number of fused-ring (bicyclic) bond motifs is 1. The van der Waals surface area contributed by atoms with Crippen molar-refractivity contribution in [1.82, 2.24) is 29.8 Å². The highest BCUT2D eigenvalue weighted by Gasteiger charge is 2.13. The van der Waals surface area contributed by atoms with E-state index in [1.54, 1.807) is 12.3 Å². The first-order valence-corrected chi connectivity index (χ1v) is 14.1. The van der Waals surface area contributed by atoms with Gasteiger partial charge in [0.05, 0.1) is 5.69 Å². The number of thioether (sulfide) groups is 1. The number of aromatic nitrogens is 6. The van der Waals surface area contributed by atoms with Crippen molar-refractivity contribution in [2.75, 3.05) is 22.6 Å². The molecule has 6 aromatic rings. The Morgan fingerprint density at radius 2 is 1.69 bits per heavy atom. The van der Waals surface area contributed by atoms with Gasteiger partial charge in [0, 0.05) is 28.6 Å². The Bertz CT molecular complexity index is 1840. The monoisotopic (exact) mass is 575 g/mol. The fourth-order valence-corrected chi connectivity index (χ4v) is 4.57. The van der Waals surface area contributed by atoms with Gasteiger partial charge in [0.2, 0.25) is 5.16 Å². The molecule has 42 heavy (non-hydrogen) atoms. The predicted molar refractivity (Wildman–Crippen MR) is 163 cm³/mol. The van der Waals surface area contributed by atoms with Crippen molar-refractivity contribution < 1.29 is 9.53 Å². The highest BCUT2D eigenvalue weighted by Crippen LogP contribution is 2.28. The minimum absolute atomic E-state index is 0.244. The molecule has 12 heteroatoms. The van der Waals surface area contributed by atoms with E-state index in [1.807, 2.05) is 91.2 Å². The summed E-state index contributed by atoms with van der Waals surface area (Å²) in [6.45, 7) is 0.244. The number of nitrogens with one attached hydrogen (secondary N) is 2. The molecule has 3 heterocycles. The van der Waals surface area contributed by atoms with E-state index < -0.39 is 6.03 Å². The average molecular weight is 576 g/mol. The van der Waals surface area contributed by atoms with Gasteiger partial charge < -0.3 is 15.8 Å². The Morgan fingerprint density at radius 1 is 0.905 bits per heavy atom. The Labute approximate surface area is 245 Å². The zero-order valence-electron chi connectivity index (χ0n) is 22.4. The highest BCUT2D eigenvalue weighted by atomic mass is 32.2. The smallest absolute Gasteiger partial charge is 0.324 e. The first-order chi connectivity index (χ1) is 20.6. The van der Waals surface area contributed by atoms with Gasteiger partial charge in [0.25, 0.3) is 5.78 Å². The van der Waals surface area contributed by atoms with E-state index in [1.165, 1.54) is 16.3 Å². The van der Waals surface area contributed by atoms with Gasteiger partial charge in [-0.1, -0.05) is 72.4 Å². The lowest BCUT2D eigenvalue weighted by Crippen LogP contribution is -2.21. The molecule has 3 aromatic heterocycles. The number of hydrogen-bond acceptors (Lipinski definition) is 9. The fraction of sp³-hybridized carbons (Fsp3) is 0.0667. The number of para-hydroxylation sites is 1. The summed E-state index contributed by atoms with van der Waals surface area (Å²) in [5, 5.41) is 18.9. The lowest BCUT2D eigenvalue weighted by molar-refractivity contribution is 0.262. The summed E-state index contributed by atoms with van der Waals surface area (Å²) in [6.07, 6.45) is 3.59. The number of carbonyl (C=O) groups is 1. The van der Waals surface area contributed by atoms with Gasteiger partial charge in [0.15, 0.2) is 5.82 Å². The maximum atomic E-state index is 12.7. The lowest BCUT2D eigenvalue weighted by Gasteiger charge is -2.13. The number of amides is 2. The van der Waals surface area contributed by atoms with Crippen molar-refractivity contribution in [3.8, 4) is 28.1 Å². The minimum atomic E-state index is -0.436. The molecule has 0 fully saturated rings. The van der Waals surface area contributed by atoms with Crippen LogP contribution in [-0.4, -0.2) is 42.1 Å². The van der Waals surface area contributed by atoms with Crippen molar-refractivity contribution in [2.45, 2.75) is 11.8 Å². The number of urea groups is 1. The van der Waals surface area contributed by atoms with Crippen LogP contribution in [0.1, 0.15) is 5.56 Å². The average Bonchev–Trinajstić information content (AvgIpc) is 3.47. The maximum absolute atomic E-state index is 12.7. The molecule has 0 saturated carbocycles. The number of benzene rings is 3. The summed E-state index contributed by atoms with van der Waals surface area (Å²) in [4.78, 5) is 21.4. The van der Waals surface area contributed by atoms with E-state index >= 15 is 0 Å². The van der Waals surface area contributed by atoms with Crippen molar-refractivity contribution in [3.05, 3.63) is 103 Å². The van der Waals surface area contributed by atoms with E-state index in [0.29, 0.717) is 34.0 Å². The van der Waals surface area contributed by atoms with E-state index in [-0.39, 0.29) is 6.61 Å². The molecule has 0 saturated heterocycles. The van der Waals surface area contributed by atoms with Gasteiger partial charge in [-0.3, -0.25) is 5.32 Å². The summed E-state index contributed by atoms with van der Waals surface area (Å²) in [5.41, 5.74) is 11.1. The molecule has 0 aliphatic heterocycles. The Hall–Kier alpha value is -5.49. The van der Waals surface area contributed by atoms with Crippen LogP contribution in [-0.2, 0) is 6.61 Å². The van der Waals surface area contributed by atoms with Crippen molar-refractivity contribution in [3.63, 3.8) is 0 Å². The van der Waals surface area contributed by atoms with Crippen molar-refractivity contribution >= 4 is 40.9 Å². The number of nitrogen functional groups attached to an aromatic ring is 1. The van der Waals surface area contributed by atoms with Crippen LogP contribution in [0, 0.1) is 0 Å². The van der Waals surface area contributed by atoms with E-state index in [9.17, 15) is 4.79 Å². The Kier molecular flexibility index (Phi) is 7.60. The molecule has 0 bridgehead atoms. The molecule has 0 unspecified atom stereocenters. The molecule has 0 aliphatic carbocycles. The first kappa shape index (κ1) is 26.7. The largest absolute Gasteiger partial charge is 0.489 e. The van der Waals surface area contributed by atoms with Crippen LogP contribution in [0.3, 0.4) is 0 Å². The molecule has 208 valence electrons. The minimum Gasteiger partial charge on any atom is -0.489 e. The second kappa shape index (κ2) is 11.9. The number of anilines is 3. The van der Waals surface area contributed by atoms with Crippen LogP contribution in [0.15, 0.2) is 102 Å². The molecular formula is C30H25N9O2S. The zero-order chi connectivity index (χ0) is 28.9. The molecule has 6 rings (SSSR count). The third-order valence-corrected chi connectivity index (χ3v) is 6.91. The van der Waals surface area contributed by atoms with Crippen molar-refractivity contribution in [1.29, 1.82) is 0 Å². The normalized spacial score (nSPS) is 10.9. The van der Waals surface area contributed by atoms with Crippen LogP contribution in [0.5, 0.6) is 5.75 Å². The Morgan fingerprint density at radius 3 is 2.45 bits per heavy atom. The van der Waals surface area contributed by atoms with Crippen LogP contribution >= 0.6 is 11.8 Å². The number of carbonyl (C=O) groups excluding carboxylic acids is 1. The summed E-state index contributed by atoms with van der Waals surface area (Å²) in [6, 6.07) is 27.7. The van der Waals surface area contributed by atoms with Crippen LogP contribution in [0.4, 0.5) is 22.1 Å². The molecule has 2 amide bonds. The van der Waals surface area contributed by atoms with Gasteiger partial charge in [-0.2, -0.15) is 9.50 Å². The highest BCUT2D eigenvalue weighted by molar-refractivity contribution is 7.98. The lowest BCUT2D eigenvalue weighted by atomic mass is 10.1. The molecule has 0 aliphatic rings. The van der Waals surface area contributed by atoms with E-state index in [2.05, 4.69) is 35.9 Å². The number of nitrogens with zero attached hydrogens (tertiary/aromatic N) is 6. The molecule has 0 atom stereocenters. The molecule has 0 spiro atoms. The molecule has 11 nitrogen and oxygen atoms in total. The van der Waals surface area contributed by atoms with Gasteiger partial charge in [-0.15, -0.1) is 15.3 Å². The number of ether oxygens (including phenoxy) is 1. The third kappa shape index (κ3) is 5.83. The van der Waals surface area contributed by atoms with E-state index in [0.717, 1.165) is 27.9 Å². The van der Waals surface area contributed by atoms with Gasteiger partial charge >= 0.3 is 6.03 Å². The van der Waals surface area contributed by atoms with Crippen LogP contribution in [0.25, 0.3) is 28.2 Å². The number of hydrogen-bond donors (Lipinski definition) is 3. The third-order valence-electron chi connectivity index (χ3n) is 6.37. The topological polar surface area (TPSA) is 145 Å². The molecule has 4 N–H and O–H groups in total. The maximum Gasteiger partial charge on any atom is 0.324 e. The van der Waals surface area contributed by atoms with Crippen LogP contribution in [0.2, 0.25) is 0 Å². The van der Waals surface area contributed by atoms with Gasteiger partial charge in [-0.25, -0.2) is 9.78 Å². The predicted octanol–water partition coefficient (Wildman–Crippen LogP) is 5.78. The van der Waals surface area contributed by atoms with Crippen LogP contribution < -0.4 is 21.1 Å². The Balaban J connectivity index is 1.09. The summed E-state index contributed by atoms with van der Waals surface area (Å²) >= 11 is 1.43. The standard InChI is InChI=1S/C30H25N9O2S/c1-42-30-35-28-32-17-23(27(31)39(28)38-30)19-11-13-22(14-12-19)41-18-21-9-5-6-10-24(21)33-29(40)34-26-16-15-25(36-37-26)20-7-3-2-4-8-20/h2-17H,18,31H2,1H3,(H2,33,34,37,40). The number of nitrogens with two attached hydrogens (primary N) is 1. The summed E-state index contributed by atoms with van der Waals surface area (Å²) in [5.74, 6) is 1.91.